The summed E-state index contributed by atoms with van der Waals surface area (Å²) in [5.41, 5.74) is 11.3. The Morgan fingerprint density at radius 3 is 2.24 bits per heavy atom. The number of carbonyl (C=O) groups is 3. The maximum atomic E-state index is 12.4. The number of nitrogens with two attached hydrogens (primary N) is 2. The zero-order valence-corrected chi connectivity index (χ0v) is 11.3. The van der Waals surface area contributed by atoms with Gasteiger partial charge in [-0.1, -0.05) is 12.1 Å². The zero-order valence-electron chi connectivity index (χ0n) is 11.3. The summed E-state index contributed by atoms with van der Waals surface area (Å²) in [4.78, 5) is 34.3. The molecule has 7 nitrogen and oxygen atoms in total. The van der Waals surface area contributed by atoms with Crippen molar-refractivity contribution in [1.82, 2.24) is 5.32 Å². The van der Waals surface area contributed by atoms with Gasteiger partial charge in [0.2, 0.25) is 11.8 Å². The maximum Gasteiger partial charge on any atom is 0.326 e. The first-order valence-electron chi connectivity index (χ1n) is 6.53. The molecular weight excluding hydrogens is 274 g/mol. The van der Waals surface area contributed by atoms with Crippen LogP contribution < -0.4 is 16.8 Å². The molecule has 0 heterocycles. The Balaban J connectivity index is 2.13. The second-order valence-electron chi connectivity index (χ2n) is 5.24. The van der Waals surface area contributed by atoms with Crippen molar-refractivity contribution in [3.8, 4) is 0 Å². The van der Waals surface area contributed by atoms with E-state index in [1.807, 2.05) is 0 Å². The van der Waals surface area contributed by atoms with Crippen LogP contribution in [0.5, 0.6) is 0 Å². The third-order valence-electron chi connectivity index (χ3n) is 3.66. The molecular formula is C14H17N3O4. The molecule has 1 aliphatic carbocycles. The lowest BCUT2D eigenvalue weighted by Gasteiger charge is -2.19. The first kappa shape index (κ1) is 14.8. The smallest absolute Gasteiger partial charge is 0.326 e. The van der Waals surface area contributed by atoms with Crippen LogP contribution in [0, 0.1) is 0 Å². The number of amides is 2. The summed E-state index contributed by atoms with van der Waals surface area (Å²) < 4.78 is 0. The lowest BCUT2D eigenvalue weighted by Crippen LogP contribution is -2.47. The largest absolute Gasteiger partial charge is 0.480 e. The van der Waals surface area contributed by atoms with Gasteiger partial charge in [-0.15, -0.1) is 0 Å². The van der Waals surface area contributed by atoms with E-state index in [4.69, 9.17) is 16.6 Å². The number of hydrogen-bond donors (Lipinski definition) is 4. The minimum Gasteiger partial charge on any atom is -0.480 e. The molecule has 1 atom stereocenters. The fraction of sp³-hybridized carbons (Fsp3) is 0.357. The Labute approximate surface area is 121 Å². The van der Waals surface area contributed by atoms with Gasteiger partial charge in [0, 0.05) is 5.69 Å². The van der Waals surface area contributed by atoms with E-state index in [1.54, 1.807) is 24.3 Å². The fourth-order valence-corrected chi connectivity index (χ4v) is 2.27. The van der Waals surface area contributed by atoms with Crippen LogP contribution in [0.25, 0.3) is 0 Å². The van der Waals surface area contributed by atoms with Crippen molar-refractivity contribution >= 4 is 23.5 Å². The molecule has 0 bridgehead atoms. The Hall–Kier alpha value is -2.57. The number of hydrogen-bond acceptors (Lipinski definition) is 4. The van der Waals surface area contributed by atoms with Crippen molar-refractivity contribution in [2.75, 3.05) is 5.73 Å². The van der Waals surface area contributed by atoms with Gasteiger partial charge < -0.3 is 21.9 Å². The number of nitrogen functional groups attached to an aromatic ring is 1. The summed E-state index contributed by atoms with van der Waals surface area (Å²) in [5.74, 6) is -2.46. The Kier molecular flexibility index (Phi) is 3.84. The molecule has 0 aromatic heterocycles. The Bertz CT molecular complexity index is 578. The summed E-state index contributed by atoms with van der Waals surface area (Å²) in [6, 6.07) is 5.60. The van der Waals surface area contributed by atoms with Gasteiger partial charge in [-0.05, 0) is 30.5 Å². The van der Waals surface area contributed by atoms with E-state index in [2.05, 4.69) is 5.32 Å². The van der Waals surface area contributed by atoms with Crippen LogP contribution in [0.1, 0.15) is 24.8 Å². The van der Waals surface area contributed by atoms with Crippen LogP contribution >= 0.6 is 0 Å². The SMILES string of the molecule is NC(=O)C[C@H](NC(=O)C1(c2ccc(N)cc2)CC1)C(=O)O. The molecule has 21 heavy (non-hydrogen) atoms. The van der Waals surface area contributed by atoms with Gasteiger partial charge >= 0.3 is 5.97 Å². The molecule has 0 radical (unpaired) electrons. The second kappa shape index (κ2) is 5.43. The molecule has 1 fully saturated rings. The van der Waals surface area contributed by atoms with E-state index in [9.17, 15) is 14.4 Å². The average Bonchev–Trinajstić information content (AvgIpc) is 3.19. The second-order valence-corrected chi connectivity index (χ2v) is 5.24. The van der Waals surface area contributed by atoms with Gasteiger partial charge in [0.15, 0.2) is 0 Å². The molecule has 0 unspecified atom stereocenters. The number of anilines is 1. The summed E-state index contributed by atoms with van der Waals surface area (Å²) >= 11 is 0. The van der Waals surface area contributed by atoms with Crippen LogP contribution in [0.2, 0.25) is 0 Å². The molecule has 0 saturated heterocycles. The molecule has 0 aliphatic heterocycles. The highest BCUT2D eigenvalue weighted by Gasteiger charge is 2.51. The fourth-order valence-electron chi connectivity index (χ4n) is 2.27. The standard InChI is InChI=1S/C14H17N3O4/c15-9-3-1-8(2-4-9)14(5-6-14)13(21)17-10(12(19)20)7-11(16)18/h1-4,10H,5-7,15H2,(H2,16,18)(H,17,21)(H,19,20)/t10-/m0/s1. The van der Waals surface area contributed by atoms with E-state index in [-0.39, 0.29) is 0 Å². The summed E-state index contributed by atoms with van der Waals surface area (Å²) in [6.45, 7) is 0. The average molecular weight is 291 g/mol. The lowest BCUT2D eigenvalue weighted by molar-refractivity contribution is -0.143. The van der Waals surface area contributed by atoms with Gasteiger partial charge in [-0.3, -0.25) is 9.59 Å². The summed E-state index contributed by atoms with van der Waals surface area (Å²) in [5, 5.41) is 11.4. The van der Waals surface area contributed by atoms with Crippen molar-refractivity contribution < 1.29 is 19.5 Å². The molecule has 1 aliphatic rings. The first-order chi connectivity index (χ1) is 9.85. The van der Waals surface area contributed by atoms with Gasteiger partial charge in [0.05, 0.1) is 11.8 Å². The minimum absolute atomic E-state index is 0.402. The van der Waals surface area contributed by atoms with Gasteiger partial charge in [-0.2, -0.15) is 0 Å². The predicted octanol–water partition coefficient (Wildman–Crippen LogP) is -0.255. The highest BCUT2D eigenvalue weighted by Crippen LogP contribution is 2.48. The van der Waals surface area contributed by atoms with Gasteiger partial charge in [-0.25, -0.2) is 4.79 Å². The molecule has 112 valence electrons. The van der Waals surface area contributed by atoms with E-state index < -0.39 is 35.7 Å². The van der Waals surface area contributed by atoms with Crippen LogP contribution in [-0.2, 0) is 19.8 Å². The number of benzene rings is 1. The number of aliphatic carboxylic acids is 1. The summed E-state index contributed by atoms with van der Waals surface area (Å²) in [6.07, 6.45) is 0.830. The number of nitrogens with one attached hydrogen (secondary N) is 1. The van der Waals surface area contributed by atoms with Crippen LogP contribution in [0.3, 0.4) is 0 Å². The zero-order chi connectivity index (χ0) is 15.6. The van der Waals surface area contributed by atoms with Gasteiger partial charge in [0.1, 0.15) is 6.04 Å². The van der Waals surface area contributed by atoms with Crippen molar-refractivity contribution in [3.05, 3.63) is 29.8 Å². The summed E-state index contributed by atoms with van der Waals surface area (Å²) in [7, 11) is 0. The van der Waals surface area contributed by atoms with Crippen molar-refractivity contribution in [2.45, 2.75) is 30.7 Å². The molecule has 1 saturated carbocycles. The number of rotatable bonds is 6. The van der Waals surface area contributed by atoms with Crippen molar-refractivity contribution in [2.24, 2.45) is 5.73 Å². The van der Waals surface area contributed by atoms with Gasteiger partial charge in [0.25, 0.3) is 0 Å². The third-order valence-corrected chi connectivity index (χ3v) is 3.66. The quantitative estimate of drug-likeness (QED) is 0.536. The topological polar surface area (TPSA) is 136 Å². The Morgan fingerprint density at radius 2 is 1.81 bits per heavy atom. The lowest BCUT2D eigenvalue weighted by atomic mass is 9.94. The number of carboxylic acids is 1. The first-order valence-corrected chi connectivity index (χ1v) is 6.53. The molecule has 0 spiro atoms. The monoisotopic (exact) mass is 291 g/mol. The number of carboxylic acid groups (broad SMARTS) is 1. The molecule has 6 N–H and O–H groups in total. The highest BCUT2D eigenvalue weighted by molar-refractivity contribution is 5.95. The normalized spacial score (nSPS) is 16.8. The highest BCUT2D eigenvalue weighted by atomic mass is 16.4. The van der Waals surface area contributed by atoms with Crippen molar-refractivity contribution in [1.29, 1.82) is 0 Å². The molecule has 2 rings (SSSR count). The van der Waals surface area contributed by atoms with E-state index in [0.717, 1.165) is 5.56 Å². The van der Waals surface area contributed by atoms with E-state index in [0.29, 0.717) is 18.5 Å². The number of carbonyl (C=O) groups excluding carboxylic acids is 2. The predicted molar refractivity (Wildman–Crippen MR) is 75.1 cm³/mol. The van der Waals surface area contributed by atoms with Crippen LogP contribution in [0.15, 0.2) is 24.3 Å². The molecule has 7 heteroatoms. The molecule has 1 aromatic carbocycles. The Morgan fingerprint density at radius 1 is 1.24 bits per heavy atom. The van der Waals surface area contributed by atoms with E-state index >= 15 is 0 Å². The number of primary amides is 1. The van der Waals surface area contributed by atoms with Crippen LogP contribution in [-0.4, -0.2) is 28.9 Å². The maximum absolute atomic E-state index is 12.4. The molecule has 1 aromatic rings. The minimum atomic E-state index is -1.30. The van der Waals surface area contributed by atoms with Crippen LogP contribution in [0.4, 0.5) is 5.69 Å². The van der Waals surface area contributed by atoms with E-state index in [1.165, 1.54) is 0 Å². The van der Waals surface area contributed by atoms with Crippen molar-refractivity contribution in [3.63, 3.8) is 0 Å². The molecule has 2 amide bonds. The third kappa shape index (κ3) is 3.13.